The second kappa shape index (κ2) is 7.00. The highest BCUT2D eigenvalue weighted by atomic mass is 16.4. The SMILES string of the molecule is Cc1cccc(C(=O)NN=C(C=NO)c2ccccc2)c1. The third kappa shape index (κ3) is 4.01. The molecule has 21 heavy (non-hydrogen) atoms. The van der Waals surface area contributed by atoms with Gasteiger partial charge in [-0.2, -0.15) is 5.10 Å². The maximum absolute atomic E-state index is 12.0. The van der Waals surface area contributed by atoms with Crippen LogP contribution in [0.1, 0.15) is 21.5 Å². The molecule has 0 aliphatic heterocycles. The van der Waals surface area contributed by atoms with E-state index in [-0.39, 0.29) is 5.91 Å². The van der Waals surface area contributed by atoms with E-state index in [1.807, 2.05) is 31.2 Å². The quantitative estimate of drug-likeness (QED) is 0.513. The maximum Gasteiger partial charge on any atom is 0.271 e. The van der Waals surface area contributed by atoms with Crippen LogP contribution in [-0.4, -0.2) is 23.0 Å². The molecule has 2 rings (SSSR count). The molecule has 0 radical (unpaired) electrons. The van der Waals surface area contributed by atoms with Crippen molar-refractivity contribution in [2.45, 2.75) is 6.92 Å². The molecular formula is C16H15N3O2. The fraction of sp³-hybridized carbons (Fsp3) is 0.0625. The number of carbonyl (C=O) groups excluding carboxylic acids is 1. The normalized spacial score (nSPS) is 11.6. The van der Waals surface area contributed by atoms with Gasteiger partial charge in [0.05, 0.1) is 6.21 Å². The molecule has 0 bridgehead atoms. The van der Waals surface area contributed by atoms with E-state index in [2.05, 4.69) is 15.7 Å². The Morgan fingerprint density at radius 3 is 2.48 bits per heavy atom. The zero-order valence-electron chi connectivity index (χ0n) is 11.5. The Bertz CT molecular complexity index is 679. The van der Waals surface area contributed by atoms with Gasteiger partial charge in [-0.1, -0.05) is 53.2 Å². The van der Waals surface area contributed by atoms with Crippen LogP contribution in [0.15, 0.2) is 64.9 Å². The molecule has 2 aromatic carbocycles. The summed E-state index contributed by atoms with van der Waals surface area (Å²) in [4.78, 5) is 12.0. The summed E-state index contributed by atoms with van der Waals surface area (Å²) >= 11 is 0. The Kier molecular flexibility index (Phi) is 4.82. The summed E-state index contributed by atoms with van der Waals surface area (Å²) in [5, 5.41) is 15.7. The maximum atomic E-state index is 12.0. The van der Waals surface area contributed by atoms with Gasteiger partial charge in [-0.3, -0.25) is 4.79 Å². The number of amides is 1. The van der Waals surface area contributed by atoms with Gasteiger partial charge in [0.25, 0.3) is 5.91 Å². The number of nitrogens with zero attached hydrogens (tertiary/aromatic N) is 2. The topological polar surface area (TPSA) is 74.0 Å². The van der Waals surface area contributed by atoms with Gasteiger partial charge in [0.2, 0.25) is 0 Å². The monoisotopic (exact) mass is 281 g/mol. The summed E-state index contributed by atoms with van der Waals surface area (Å²) in [5.41, 5.74) is 5.07. The molecule has 0 atom stereocenters. The number of nitrogens with one attached hydrogen (secondary N) is 1. The van der Waals surface area contributed by atoms with Crippen molar-refractivity contribution >= 4 is 17.8 Å². The van der Waals surface area contributed by atoms with E-state index in [0.717, 1.165) is 11.1 Å². The Hall–Kier alpha value is -2.95. The molecule has 0 aromatic heterocycles. The lowest BCUT2D eigenvalue weighted by Gasteiger charge is -2.03. The first kappa shape index (κ1) is 14.5. The molecule has 2 N–H and O–H groups in total. The summed E-state index contributed by atoms with van der Waals surface area (Å²) < 4.78 is 0. The van der Waals surface area contributed by atoms with Gasteiger partial charge >= 0.3 is 0 Å². The van der Waals surface area contributed by atoms with Crippen LogP contribution in [0.5, 0.6) is 0 Å². The second-order valence-corrected chi connectivity index (χ2v) is 4.42. The Morgan fingerprint density at radius 2 is 1.81 bits per heavy atom. The molecule has 0 unspecified atom stereocenters. The summed E-state index contributed by atoms with van der Waals surface area (Å²) in [6.07, 6.45) is 1.17. The fourth-order valence-corrected chi connectivity index (χ4v) is 1.79. The number of hydrazone groups is 1. The number of oxime groups is 1. The van der Waals surface area contributed by atoms with Gasteiger partial charge in [0, 0.05) is 11.1 Å². The van der Waals surface area contributed by atoms with Gasteiger partial charge in [-0.25, -0.2) is 5.43 Å². The second-order valence-electron chi connectivity index (χ2n) is 4.42. The van der Waals surface area contributed by atoms with E-state index in [1.54, 1.807) is 30.3 Å². The minimum absolute atomic E-state index is 0.321. The average Bonchev–Trinajstić information content (AvgIpc) is 2.52. The van der Waals surface area contributed by atoms with Crippen LogP contribution < -0.4 is 5.43 Å². The molecule has 5 heteroatoms. The molecule has 2 aromatic rings. The van der Waals surface area contributed by atoms with Gasteiger partial charge in [0.1, 0.15) is 5.71 Å². The van der Waals surface area contributed by atoms with Crippen molar-refractivity contribution in [3.63, 3.8) is 0 Å². The lowest BCUT2D eigenvalue weighted by atomic mass is 10.1. The first-order chi connectivity index (χ1) is 10.2. The molecule has 0 aliphatic carbocycles. The van der Waals surface area contributed by atoms with E-state index >= 15 is 0 Å². The molecule has 0 spiro atoms. The lowest BCUT2D eigenvalue weighted by Crippen LogP contribution is -2.20. The zero-order valence-corrected chi connectivity index (χ0v) is 11.5. The molecule has 5 nitrogen and oxygen atoms in total. The van der Waals surface area contributed by atoms with Crippen molar-refractivity contribution in [2.75, 3.05) is 0 Å². The first-order valence-electron chi connectivity index (χ1n) is 6.38. The van der Waals surface area contributed by atoms with Crippen molar-refractivity contribution in [3.8, 4) is 0 Å². The van der Waals surface area contributed by atoms with E-state index < -0.39 is 0 Å². The first-order valence-corrected chi connectivity index (χ1v) is 6.38. The van der Waals surface area contributed by atoms with Crippen LogP contribution in [0.25, 0.3) is 0 Å². The van der Waals surface area contributed by atoms with Crippen molar-refractivity contribution < 1.29 is 10.0 Å². The molecule has 0 saturated carbocycles. The minimum atomic E-state index is -0.321. The van der Waals surface area contributed by atoms with Crippen molar-refractivity contribution in [1.82, 2.24) is 5.43 Å². The highest BCUT2D eigenvalue weighted by Gasteiger charge is 2.06. The molecule has 0 fully saturated rings. The third-order valence-electron chi connectivity index (χ3n) is 2.81. The Balaban J connectivity index is 2.19. The summed E-state index contributed by atoms with van der Waals surface area (Å²) in [7, 11) is 0. The highest BCUT2D eigenvalue weighted by molar-refractivity contribution is 6.38. The number of hydrogen-bond acceptors (Lipinski definition) is 4. The van der Waals surface area contributed by atoms with E-state index in [4.69, 9.17) is 5.21 Å². The largest absolute Gasteiger partial charge is 0.411 e. The van der Waals surface area contributed by atoms with Gasteiger partial charge in [0.15, 0.2) is 0 Å². The lowest BCUT2D eigenvalue weighted by molar-refractivity contribution is 0.0955. The predicted octanol–water partition coefficient (Wildman–Crippen LogP) is 2.59. The Morgan fingerprint density at radius 1 is 1.10 bits per heavy atom. The average molecular weight is 281 g/mol. The van der Waals surface area contributed by atoms with Crippen LogP contribution >= 0.6 is 0 Å². The van der Waals surface area contributed by atoms with Crippen LogP contribution in [0.4, 0.5) is 0 Å². The number of hydrogen-bond donors (Lipinski definition) is 2. The van der Waals surface area contributed by atoms with Crippen molar-refractivity contribution in [2.24, 2.45) is 10.3 Å². The molecule has 0 heterocycles. The summed E-state index contributed by atoms with van der Waals surface area (Å²) in [5.74, 6) is -0.321. The molecule has 0 saturated heterocycles. The van der Waals surface area contributed by atoms with Gasteiger partial charge in [-0.05, 0) is 19.1 Å². The standard InChI is InChI=1S/C16H15N3O2/c1-12-6-5-9-14(10-12)16(20)19-18-15(11-17-21)13-7-3-2-4-8-13/h2-11,21H,1H3,(H,19,20). The van der Waals surface area contributed by atoms with E-state index in [0.29, 0.717) is 11.3 Å². The molecule has 0 aliphatic rings. The van der Waals surface area contributed by atoms with Crippen LogP contribution in [0.2, 0.25) is 0 Å². The van der Waals surface area contributed by atoms with Crippen LogP contribution in [0, 0.1) is 6.92 Å². The van der Waals surface area contributed by atoms with Crippen molar-refractivity contribution in [3.05, 3.63) is 71.3 Å². The molecule has 106 valence electrons. The van der Waals surface area contributed by atoms with Crippen molar-refractivity contribution in [1.29, 1.82) is 0 Å². The number of aryl methyl sites for hydroxylation is 1. The molecular weight excluding hydrogens is 266 g/mol. The summed E-state index contributed by atoms with van der Waals surface area (Å²) in [6, 6.07) is 16.3. The number of benzene rings is 2. The molecule has 1 amide bonds. The Labute approximate surface area is 122 Å². The van der Waals surface area contributed by atoms with E-state index in [1.165, 1.54) is 6.21 Å². The van der Waals surface area contributed by atoms with Gasteiger partial charge < -0.3 is 5.21 Å². The highest BCUT2D eigenvalue weighted by Crippen LogP contribution is 2.04. The summed E-state index contributed by atoms with van der Waals surface area (Å²) in [6.45, 7) is 1.91. The fourth-order valence-electron chi connectivity index (χ4n) is 1.79. The number of carbonyl (C=O) groups is 1. The van der Waals surface area contributed by atoms with Crippen LogP contribution in [0.3, 0.4) is 0 Å². The zero-order chi connectivity index (χ0) is 15.1. The van der Waals surface area contributed by atoms with E-state index in [9.17, 15) is 4.79 Å². The van der Waals surface area contributed by atoms with Crippen LogP contribution in [-0.2, 0) is 0 Å². The van der Waals surface area contributed by atoms with Gasteiger partial charge in [-0.15, -0.1) is 0 Å². The number of rotatable bonds is 4. The third-order valence-corrected chi connectivity index (χ3v) is 2.81. The predicted molar refractivity (Wildman–Crippen MR) is 81.9 cm³/mol. The smallest absolute Gasteiger partial charge is 0.271 e. The minimum Gasteiger partial charge on any atom is -0.411 e.